The molecule has 0 saturated heterocycles. The summed E-state index contributed by atoms with van der Waals surface area (Å²) in [5.41, 5.74) is -0.632. The van der Waals surface area contributed by atoms with Crippen molar-refractivity contribution in [2.75, 3.05) is 0 Å². The van der Waals surface area contributed by atoms with E-state index in [0.717, 1.165) is 6.92 Å². The zero-order valence-corrected chi connectivity index (χ0v) is 12.3. The van der Waals surface area contributed by atoms with Gasteiger partial charge in [0.05, 0.1) is 5.56 Å². The Labute approximate surface area is 138 Å². The largest absolute Gasteiger partial charge is 1.00 e. The number of carbonyl (C=O) groups is 1. The van der Waals surface area contributed by atoms with Gasteiger partial charge >= 0.3 is 51.4 Å². The maximum Gasteiger partial charge on any atom is 1.00 e. The summed E-state index contributed by atoms with van der Waals surface area (Å²) in [6, 6.07) is 0. The van der Waals surface area contributed by atoms with Crippen LogP contribution in [0.25, 0.3) is 0 Å². The van der Waals surface area contributed by atoms with Crippen molar-refractivity contribution < 1.29 is 86.8 Å². The minimum atomic E-state index is -1.63. The van der Waals surface area contributed by atoms with Gasteiger partial charge in [0.15, 0.2) is 11.5 Å². The maximum atomic E-state index is 10.6. The predicted molar refractivity (Wildman–Crippen MR) is 48.2 cm³/mol. The zero-order chi connectivity index (χ0) is 12.6. The normalized spacial score (nSPS) is 11.6. The average molecular weight is 268 g/mol. The van der Waals surface area contributed by atoms with E-state index >= 15 is 0 Å². The molecule has 0 saturated carbocycles. The van der Waals surface area contributed by atoms with E-state index in [9.17, 15) is 20.1 Å². The Kier molecular flexibility index (Phi) is 5.55. The Balaban J connectivity index is 0.00000256. The number of phenolic OH excluding ortho intramolecular Hbond substituents is 5. The first kappa shape index (κ1) is 16.3. The van der Waals surface area contributed by atoms with Gasteiger partial charge in [-0.1, -0.05) is 6.92 Å². The van der Waals surface area contributed by atoms with Crippen LogP contribution in [0.5, 0.6) is 28.7 Å². The third-order valence-corrected chi connectivity index (χ3v) is 2.19. The number of carbonyl (C=O) groups excluding carboxylic acids is 1. The van der Waals surface area contributed by atoms with Gasteiger partial charge in [-0.3, -0.25) is 0 Å². The van der Waals surface area contributed by atoms with Crippen LogP contribution >= 0.6 is 0 Å². The smallest absolute Gasteiger partial charge is 0.550 e. The molecule has 0 aliphatic carbocycles. The van der Waals surface area contributed by atoms with E-state index in [0.29, 0.717) is 0 Å². The molecule has 1 rings (SSSR count). The Morgan fingerprint density at radius 3 is 1.53 bits per heavy atom. The molecular formula is C9H9KO7. The van der Waals surface area contributed by atoms with Crippen LogP contribution in [-0.4, -0.2) is 31.5 Å². The molecule has 17 heavy (non-hydrogen) atoms. The third-order valence-electron chi connectivity index (χ3n) is 2.19. The van der Waals surface area contributed by atoms with Gasteiger partial charge in [0, 0.05) is 11.9 Å². The molecule has 1 aromatic carbocycles. The van der Waals surface area contributed by atoms with Gasteiger partial charge in [-0.05, 0) is 0 Å². The SMILES string of the molecule is CC(C(=O)[O-])c1c(O)c(O)c(O)c(O)c1O.[K+]. The number of aliphatic carboxylic acids is 1. The van der Waals surface area contributed by atoms with Crippen molar-refractivity contribution in [1.29, 1.82) is 0 Å². The fraction of sp³-hybridized carbons (Fsp3) is 0.222. The van der Waals surface area contributed by atoms with Crippen molar-refractivity contribution in [1.82, 2.24) is 0 Å². The number of carboxylic acid groups (broad SMARTS) is 1. The van der Waals surface area contributed by atoms with Crippen molar-refractivity contribution >= 4 is 5.97 Å². The minimum Gasteiger partial charge on any atom is -0.550 e. The molecule has 0 amide bonds. The van der Waals surface area contributed by atoms with E-state index in [1.165, 1.54) is 0 Å². The second kappa shape index (κ2) is 5.78. The number of phenols is 5. The van der Waals surface area contributed by atoms with Gasteiger partial charge in [-0.15, -0.1) is 0 Å². The van der Waals surface area contributed by atoms with Gasteiger partial charge in [0.1, 0.15) is 0 Å². The number of aromatic hydroxyl groups is 5. The molecule has 5 N–H and O–H groups in total. The van der Waals surface area contributed by atoms with E-state index in [-0.39, 0.29) is 51.4 Å². The summed E-state index contributed by atoms with van der Waals surface area (Å²) in [5.74, 6) is -8.51. The first-order chi connectivity index (χ1) is 7.29. The summed E-state index contributed by atoms with van der Waals surface area (Å²) in [4.78, 5) is 10.6. The number of hydrogen-bond acceptors (Lipinski definition) is 7. The molecule has 0 aliphatic heterocycles. The van der Waals surface area contributed by atoms with Crippen LogP contribution < -0.4 is 56.5 Å². The first-order valence-corrected chi connectivity index (χ1v) is 4.18. The van der Waals surface area contributed by atoms with Crippen LogP contribution in [0.3, 0.4) is 0 Å². The molecule has 7 nitrogen and oxygen atoms in total. The number of benzene rings is 1. The molecule has 0 heterocycles. The van der Waals surface area contributed by atoms with Crippen molar-refractivity contribution in [3.63, 3.8) is 0 Å². The average Bonchev–Trinajstić information content (AvgIpc) is 2.23. The van der Waals surface area contributed by atoms with Gasteiger partial charge in [0.2, 0.25) is 17.2 Å². The number of carboxylic acids is 1. The van der Waals surface area contributed by atoms with Crippen molar-refractivity contribution in [3.05, 3.63) is 5.56 Å². The summed E-state index contributed by atoms with van der Waals surface area (Å²) in [6.45, 7) is 1.07. The topological polar surface area (TPSA) is 141 Å². The van der Waals surface area contributed by atoms with E-state index < -0.39 is 46.2 Å². The van der Waals surface area contributed by atoms with Gasteiger partial charge < -0.3 is 35.4 Å². The van der Waals surface area contributed by atoms with Crippen LogP contribution in [0.1, 0.15) is 18.4 Å². The maximum absolute atomic E-state index is 10.6. The summed E-state index contributed by atoms with van der Waals surface area (Å²) in [7, 11) is 0. The molecular weight excluding hydrogens is 259 g/mol. The molecule has 0 aromatic heterocycles. The molecule has 0 bridgehead atoms. The summed E-state index contributed by atoms with van der Waals surface area (Å²) in [5, 5.41) is 56.5. The zero-order valence-electron chi connectivity index (χ0n) is 9.13. The van der Waals surface area contributed by atoms with Gasteiger partial charge in [-0.2, -0.15) is 0 Å². The van der Waals surface area contributed by atoms with Gasteiger partial charge in [0.25, 0.3) is 0 Å². The van der Waals surface area contributed by atoms with E-state index in [2.05, 4.69) is 0 Å². The number of hydrogen-bond donors (Lipinski definition) is 5. The second-order valence-electron chi connectivity index (χ2n) is 3.20. The Morgan fingerprint density at radius 1 is 0.941 bits per heavy atom. The molecule has 0 spiro atoms. The summed E-state index contributed by atoms with van der Waals surface area (Å²) >= 11 is 0. The van der Waals surface area contributed by atoms with Crippen LogP contribution in [0, 0.1) is 0 Å². The molecule has 0 radical (unpaired) electrons. The van der Waals surface area contributed by atoms with Crippen LogP contribution in [-0.2, 0) is 4.79 Å². The van der Waals surface area contributed by atoms with E-state index in [1.807, 2.05) is 0 Å². The summed E-state index contributed by atoms with van der Waals surface area (Å²) in [6.07, 6.45) is 0. The quantitative estimate of drug-likeness (QED) is 0.209. The molecule has 88 valence electrons. The minimum absolute atomic E-state index is 0. The van der Waals surface area contributed by atoms with E-state index in [4.69, 9.17) is 15.3 Å². The second-order valence-corrected chi connectivity index (χ2v) is 3.20. The van der Waals surface area contributed by atoms with Crippen molar-refractivity contribution in [3.8, 4) is 28.7 Å². The fourth-order valence-electron chi connectivity index (χ4n) is 1.23. The molecule has 8 heteroatoms. The van der Waals surface area contributed by atoms with Crippen LogP contribution in [0.4, 0.5) is 0 Å². The van der Waals surface area contributed by atoms with Crippen molar-refractivity contribution in [2.45, 2.75) is 12.8 Å². The van der Waals surface area contributed by atoms with E-state index in [1.54, 1.807) is 0 Å². The van der Waals surface area contributed by atoms with Crippen molar-refractivity contribution in [2.24, 2.45) is 0 Å². The fourth-order valence-corrected chi connectivity index (χ4v) is 1.23. The van der Waals surface area contributed by atoms with Crippen LogP contribution in [0.2, 0.25) is 0 Å². The Bertz CT molecular complexity index is 428. The monoisotopic (exact) mass is 268 g/mol. The standard InChI is InChI=1S/C9H10O7.K/c1-2(9(15)16)3-4(10)6(12)8(14)7(13)5(3)11;/h2,10-14H,1H3,(H,15,16);/q;+1/p-1. The molecule has 1 atom stereocenters. The Hall–Kier alpha value is -0.674. The first-order valence-electron chi connectivity index (χ1n) is 4.18. The predicted octanol–water partition coefficient (Wildman–Crippen LogP) is -3.93. The Morgan fingerprint density at radius 2 is 1.24 bits per heavy atom. The molecule has 1 unspecified atom stereocenters. The molecule has 0 fully saturated rings. The molecule has 1 aromatic rings. The summed E-state index contributed by atoms with van der Waals surface area (Å²) < 4.78 is 0. The van der Waals surface area contributed by atoms with Crippen LogP contribution in [0.15, 0.2) is 0 Å². The van der Waals surface area contributed by atoms with Gasteiger partial charge in [-0.25, -0.2) is 0 Å². The number of rotatable bonds is 2. The molecule has 0 aliphatic rings. The third kappa shape index (κ3) is 2.77.